The monoisotopic (exact) mass is 292 g/mol. The van der Waals surface area contributed by atoms with Crippen molar-refractivity contribution in [2.75, 3.05) is 20.3 Å². The Hall–Kier alpha value is -0.570. The molecule has 0 heterocycles. The van der Waals surface area contributed by atoms with Crippen molar-refractivity contribution >= 4 is 6.29 Å². The number of aliphatic hydroxyl groups is 4. The molecule has 0 saturated heterocycles. The fourth-order valence-corrected chi connectivity index (χ4v) is 2.68. The Bertz CT molecular complexity index is 286. The van der Waals surface area contributed by atoms with E-state index in [0.29, 0.717) is 6.29 Å². The summed E-state index contributed by atoms with van der Waals surface area (Å²) in [5, 5.41) is 37.8. The van der Waals surface area contributed by atoms with Gasteiger partial charge in [-0.15, -0.1) is 0 Å². The van der Waals surface area contributed by atoms with Gasteiger partial charge in [0.2, 0.25) is 0 Å². The highest BCUT2D eigenvalue weighted by atomic mass is 16.7. The summed E-state index contributed by atoms with van der Waals surface area (Å²) in [6, 6.07) is 0. The van der Waals surface area contributed by atoms with Gasteiger partial charge in [-0.2, -0.15) is 0 Å². The molecule has 118 valence electrons. The van der Waals surface area contributed by atoms with Crippen LogP contribution in [0.2, 0.25) is 0 Å². The first-order valence-corrected chi connectivity index (χ1v) is 6.78. The standard InChI is InChI=1S/C13H24O7/c1-19-13(20-5-3-8(16)7-15)12-9(2-4-14)10(17)6-11(12)18/h4,8-13,15-18H,2-3,5-7H2,1H3/t8?,9-,10-,11+,12+,13?/m1/s1. The second kappa shape index (κ2) is 8.66. The summed E-state index contributed by atoms with van der Waals surface area (Å²) in [4.78, 5) is 10.7. The van der Waals surface area contributed by atoms with Crippen LogP contribution in [0.4, 0.5) is 0 Å². The molecule has 4 N–H and O–H groups in total. The van der Waals surface area contributed by atoms with Crippen molar-refractivity contribution in [1.29, 1.82) is 0 Å². The summed E-state index contributed by atoms with van der Waals surface area (Å²) in [5.74, 6) is -0.901. The molecule has 1 rings (SSSR count). The number of rotatable bonds is 9. The molecule has 0 aromatic rings. The lowest BCUT2D eigenvalue weighted by Crippen LogP contribution is -2.37. The number of hydrogen-bond acceptors (Lipinski definition) is 7. The van der Waals surface area contributed by atoms with Gasteiger partial charge in [-0.05, 0) is 12.8 Å². The van der Waals surface area contributed by atoms with Gasteiger partial charge < -0.3 is 34.7 Å². The number of ether oxygens (including phenoxy) is 2. The van der Waals surface area contributed by atoms with Crippen LogP contribution in [0, 0.1) is 11.8 Å². The molecular weight excluding hydrogens is 268 g/mol. The van der Waals surface area contributed by atoms with Crippen molar-refractivity contribution in [2.45, 2.75) is 43.9 Å². The van der Waals surface area contributed by atoms with Crippen LogP contribution in [-0.4, -0.2) is 71.6 Å². The van der Waals surface area contributed by atoms with E-state index in [1.807, 2.05) is 0 Å². The summed E-state index contributed by atoms with van der Waals surface area (Å²) >= 11 is 0. The Kier molecular flexibility index (Phi) is 7.57. The van der Waals surface area contributed by atoms with Gasteiger partial charge >= 0.3 is 0 Å². The Morgan fingerprint density at radius 1 is 1.35 bits per heavy atom. The van der Waals surface area contributed by atoms with Gasteiger partial charge in [-0.25, -0.2) is 0 Å². The summed E-state index contributed by atoms with van der Waals surface area (Å²) < 4.78 is 10.7. The SMILES string of the molecule is COC(OCCC(O)CO)[C@H]1[C@H](CC=O)[C@H](O)C[C@@H]1O. The summed E-state index contributed by atoms with van der Waals surface area (Å²) in [6.45, 7) is -0.201. The van der Waals surface area contributed by atoms with E-state index in [0.717, 1.165) is 0 Å². The maximum Gasteiger partial charge on any atom is 0.162 e. The van der Waals surface area contributed by atoms with Gasteiger partial charge in [0.15, 0.2) is 6.29 Å². The number of aldehydes is 1. The minimum Gasteiger partial charge on any atom is -0.394 e. The average molecular weight is 292 g/mol. The number of carbonyl (C=O) groups is 1. The van der Waals surface area contributed by atoms with Gasteiger partial charge in [-0.1, -0.05) is 0 Å². The van der Waals surface area contributed by atoms with Crippen molar-refractivity contribution in [3.63, 3.8) is 0 Å². The zero-order valence-corrected chi connectivity index (χ0v) is 11.6. The van der Waals surface area contributed by atoms with Crippen molar-refractivity contribution < 1.29 is 34.7 Å². The highest BCUT2D eigenvalue weighted by Gasteiger charge is 2.46. The minimum absolute atomic E-state index is 0.130. The smallest absolute Gasteiger partial charge is 0.162 e. The van der Waals surface area contributed by atoms with E-state index in [9.17, 15) is 20.1 Å². The lowest BCUT2D eigenvalue weighted by molar-refractivity contribution is -0.185. The van der Waals surface area contributed by atoms with Crippen molar-refractivity contribution in [2.24, 2.45) is 11.8 Å². The first kappa shape index (κ1) is 17.5. The molecule has 1 fully saturated rings. The zero-order valence-electron chi connectivity index (χ0n) is 11.6. The van der Waals surface area contributed by atoms with Gasteiger partial charge in [0.1, 0.15) is 6.29 Å². The van der Waals surface area contributed by atoms with Crippen LogP contribution in [0.25, 0.3) is 0 Å². The van der Waals surface area contributed by atoms with E-state index >= 15 is 0 Å². The van der Waals surface area contributed by atoms with Crippen LogP contribution >= 0.6 is 0 Å². The molecule has 20 heavy (non-hydrogen) atoms. The fraction of sp³-hybridized carbons (Fsp3) is 0.923. The molecule has 0 aromatic carbocycles. The average Bonchev–Trinajstić information content (AvgIpc) is 2.70. The van der Waals surface area contributed by atoms with Crippen LogP contribution < -0.4 is 0 Å². The molecule has 7 heteroatoms. The summed E-state index contributed by atoms with van der Waals surface area (Å²) in [5.41, 5.74) is 0. The second-order valence-corrected chi connectivity index (χ2v) is 5.11. The van der Waals surface area contributed by atoms with Gasteiger partial charge in [0.05, 0.1) is 31.5 Å². The third-order valence-electron chi connectivity index (χ3n) is 3.77. The van der Waals surface area contributed by atoms with Crippen molar-refractivity contribution in [3.8, 4) is 0 Å². The molecule has 0 bridgehead atoms. The van der Waals surface area contributed by atoms with E-state index < -0.39 is 36.4 Å². The van der Waals surface area contributed by atoms with Crippen molar-refractivity contribution in [3.05, 3.63) is 0 Å². The Morgan fingerprint density at radius 3 is 2.60 bits per heavy atom. The van der Waals surface area contributed by atoms with E-state index in [4.69, 9.17) is 14.6 Å². The second-order valence-electron chi connectivity index (χ2n) is 5.11. The number of aliphatic hydroxyl groups excluding tert-OH is 4. The lowest BCUT2D eigenvalue weighted by Gasteiger charge is -2.29. The fourth-order valence-electron chi connectivity index (χ4n) is 2.68. The first-order valence-electron chi connectivity index (χ1n) is 6.78. The highest BCUT2D eigenvalue weighted by Crippen LogP contribution is 2.38. The predicted octanol–water partition coefficient (Wildman–Crippen LogP) is -1.33. The van der Waals surface area contributed by atoms with Crippen LogP contribution in [0.1, 0.15) is 19.3 Å². The molecular formula is C13H24O7. The van der Waals surface area contributed by atoms with Gasteiger partial charge in [-0.3, -0.25) is 0 Å². The summed E-state index contributed by atoms with van der Waals surface area (Å²) in [6.07, 6.45) is -1.93. The van der Waals surface area contributed by atoms with Crippen LogP contribution in [0.15, 0.2) is 0 Å². The first-order chi connectivity index (χ1) is 9.54. The third kappa shape index (κ3) is 4.47. The number of carbonyl (C=O) groups excluding carboxylic acids is 1. The van der Waals surface area contributed by atoms with Gasteiger partial charge in [0.25, 0.3) is 0 Å². The normalized spacial score (nSPS) is 33.0. The quantitative estimate of drug-likeness (QED) is 0.307. The van der Waals surface area contributed by atoms with E-state index in [2.05, 4.69) is 0 Å². The van der Waals surface area contributed by atoms with Crippen molar-refractivity contribution in [1.82, 2.24) is 0 Å². The molecule has 0 aromatic heterocycles. The van der Waals surface area contributed by atoms with E-state index in [1.165, 1.54) is 7.11 Å². The maximum absolute atomic E-state index is 10.7. The zero-order chi connectivity index (χ0) is 15.1. The topological polar surface area (TPSA) is 116 Å². The largest absolute Gasteiger partial charge is 0.394 e. The lowest BCUT2D eigenvalue weighted by atomic mass is 9.90. The Labute approximate surface area is 118 Å². The van der Waals surface area contributed by atoms with Crippen LogP contribution in [0.5, 0.6) is 0 Å². The molecule has 1 aliphatic rings. The number of hydrogen-bond donors (Lipinski definition) is 4. The molecule has 2 unspecified atom stereocenters. The number of methoxy groups -OCH3 is 1. The molecule has 1 saturated carbocycles. The van der Waals surface area contributed by atoms with Crippen LogP contribution in [0.3, 0.4) is 0 Å². The molecule has 6 atom stereocenters. The van der Waals surface area contributed by atoms with Gasteiger partial charge in [0, 0.05) is 25.4 Å². The Balaban J connectivity index is 2.59. The molecule has 7 nitrogen and oxygen atoms in total. The Morgan fingerprint density at radius 2 is 2.05 bits per heavy atom. The molecule has 0 amide bonds. The molecule has 1 aliphatic carbocycles. The summed E-state index contributed by atoms with van der Waals surface area (Å²) in [7, 11) is 1.42. The molecule has 0 spiro atoms. The third-order valence-corrected chi connectivity index (χ3v) is 3.77. The molecule has 0 radical (unpaired) electrons. The van der Waals surface area contributed by atoms with Crippen LogP contribution in [-0.2, 0) is 14.3 Å². The van der Waals surface area contributed by atoms with E-state index in [-0.39, 0.29) is 32.5 Å². The maximum atomic E-state index is 10.7. The molecule has 0 aliphatic heterocycles. The van der Waals surface area contributed by atoms with E-state index in [1.54, 1.807) is 0 Å². The predicted molar refractivity (Wildman–Crippen MR) is 68.8 cm³/mol. The minimum atomic E-state index is -0.864. The highest BCUT2D eigenvalue weighted by molar-refractivity contribution is 5.50.